The first kappa shape index (κ1) is 32.9. The molecular weight excluding hydrogens is 589 g/mol. The third-order valence-corrected chi connectivity index (χ3v) is 9.08. The molecule has 0 aliphatic carbocycles. The molecule has 4 aromatic rings. The summed E-state index contributed by atoms with van der Waals surface area (Å²) in [6.45, 7) is 7.81. The number of rotatable bonds is 12. The molecule has 1 aliphatic rings. The van der Waals surface area contributed by atoms with Crippen molar-refractivity contribution >= 4 is 28.5 Å². The summed E-state index contributed by atoms with van der Waals surface area (Å²) in [5.41, 5.74) is 9.66. The number of nitrogens with two attached hydrogens (primary N) is 1. The summed E-state index contributed by atoms with van der Waals surface area (Å²) in [5.74, 6) is 0.00134. The molecule has 0 saturated carbocycles. The molecule has 0 radical (unpaired) electrons. The SMILES string of the molecule is CCCN1[C@H](CCNC(C)=N)CCC[C@H]1c1ccc(-n2cc3cc(-c4cc(CCC[C@H](C)N)cc(Cl)c4F)[nH]c3nc2=O)cc1. The number of amidine groups is 1. The van der Waals surface area contributed by atoms with Crippen LogP contribution in [0.2, 0.25) is 5.02 Å². The maximum Gasteiger partial charge on any atom is 0.354 e. The van der Waals surface area contributed by atoms with E-state index in [1.807, 2.05) is 25.1 Å². The number of hydrogen-bond acceptors (Lipinski definition) is 5. The molecule has 5 N–H and O–H groups in total. The van der Waals surface area contributed by atoms with Gasteiger partial charge in [0, 0.05) is 41.8 Å². The number of piperidine rings is 1. The molecule has 1 aliphatic heterocycles. The second-order valence-electron chi connectivity index (χ2n) is 12.5. The highest BCUT2D eigenvalue weighted by Crippen LogP contribution is 2.36. The molecule has 2 aromatic heterocycles. The maximum atomic E-state index is 15.2. The average molecular weight is 634 g/mol. The lowest BCUT2D eigenvalue weighted by atomic mass is 9.89. The van der Waals surface area contributed by atoms with Gasteiger partial charge >= 0.3 is 5.69 Å². The van der Waals surface area contributed by atoms with Gasteiger partial charge in [0.05, 0.1) is 22.2 Å². The van der Waals surface area contributed by atoms with Crippen LogP contribution < -0.4 is 16.7 Å². The standard InChI is InChI=1S/C35H45ClFN7O/c1-4-17-43-27(15-16-40-23(3)39)9-6-10-32(43)25-11-13-28(14-12-25)44-21-26-20-31(41-34(26)42-35(44)45)29-18-24(8-5-7-22(2)38)19-30(36)33(29)37/h11-14,18-22,27,32H,4-10,15-17,38H2,1-3H3,(H2,39,40)(H,41,42,45)/t22-,27-,32-/m0/s1. The highest BCUT2D eigenvalue weighted by atomic mass is 35.5. The van der Waals surface area contributed by atoms with Crippen molar-refractivity contribution in [3.8, 4) is 16.9 Å². The number of fused-ring (bicyclic) bond motifs is 1. The zero-order valence-electron chi connectivity index (χ0n) is 26.5. The van der Waals surface area contributed by atoms with E-state index in [2.05, 4.69) is 39.2 Å². The lowest BCUT2D eigenvalue weighted by molar-refractivity contribution is 0.0777. The van der Waals surface area contributed by atoms with Crippen LogP contribution in [0.5, 0.6) is 0 Å². The second kappa shape index (κ2) is 14.7. The summed E-state index contributed by atoms with van der Waals surface area (Å²) in [6.07, 6.45) is 9.77. The van der Waals surface area contributed by atoms with Crippen molar-refractivity contribution < 1.29 is 4.39 Å². The van der Waals surface area contributed by atoms with Crippen molar-refractivity contribution in [3.63, 3.8) is 0 Å². The lowest BCUT2D eigenvalue weighted by Gasteiger charge is -2.42. The molecule has 240 valence electrons. The van der Waals surface area contributed by atoms with Gasteiger partial charge in [-0.05, 0) is 113 Å². The van der Waals surface area contributed by atoms with Gasteiger partial charge in [-0.1, -0.05) is 30.7 Å². The minimum Gasteiger partial charge on any atom is -0.374 e. The number of benzene rings is 2. The minimum atomic E-state index is -0.506. The number of aromatic nitrogens is 3. The molecule has 3 atom stereocenters. The number of aromatic amines is 1. The Labute approximate surface area is 269 Å². The molecule has 0 bridgehead atoms. The van der Waals surface area contributed by atoms with E-state index >= 15 is 4.39 Å². The summed E-state index contributed by atoms with van der Waals surface area (Å²) >= 11 is 6.28. The molecule has 0 spiro atoms. The third-order valence-electron chi connectivity index (χ3n) is 8.80. The van der Waals surface area contributed by atoms with Crippen molar-refractivity contribution in [1.82, 2.24) is 24.8 Å². The minimum absolute atomic E-state index is 0.0643. The quantitative estimate of drug-likeness (QED) is 0.0979. The second-order valence-corrected chi connectivity index (χ2v) is 12.9. The summed E-state index contributed by atoms with van der Waals surface area (Å²) in [4.78, 5) is 23.2. The van der Waals surface area contributed by atoms with Gasteiger partial charge in [0.25, 0.3) is 0 Å². The van der Waals surface area contributed by atoms with E-state index in [0.29, 0.717) is 40.2 Å². The number of halogens is 2. The first-order valence-corrected chi connectivity index (χ1v) is 16.5. The fourth-order valence-electron chi connectivity index (χ4n) is 6.62. The smallest absolute Gasteiger partial charge is 0.354 e. The van der Waals surface area contributed by atoms with E-state index in [4.69, 9.17) is 22.7 Å². The van der Waals surface area contributed by atoms with Gasteiger partial charge < -0.3 is 16.0 Å². The molecular formula is C35H45ClFN7O. The van der Waals surface area contributed by atoms with Crippen molar-refractivity contribution in [1.29, 1.82) is 5.41 Å². The van der Waals surface area contributed by atoms with Crippen molar-refractivity contribution in [2.45, 2.75) is 90.3 Å². The number of likely N-dealkylation sites (tertiary alicyclic amines) is 1. The first-order chi connectivity index (χ1) is 21.6. The fourth-order valence-corrected chi connectivity index (χ4v) is 6.86. The molecule has 0 amide bonds. The molecule has 3 heterocycles. The Kier molecular flexibility index (Phi) is 10.7. The number of aryl methyl sites for hydroxylation is 1. The Morgan fingerprint density at radius 3 is 2.73 bits per heavy atom. The van der Waals surface area contributed by atoms with Crippen molar-refractivity contribution in [2.75, 3.05) is 13.1 Å². The van der Waals surface area contributed by atoms with E-state index in [9.17, 15) is 4.79 Å². The van der Waals surface area contributed by atoms with Crippen LogP contribution >= 0.6 is 11.6 Å². The zero-order chi connectivity index (χ0) is 32.1. The summed E-state index contributed by atoms with van der Waals surface area (Å²) in [6, 6.07) is 14.4. The Bertz CT molecular complexity index is 1680. The Morgan fingerprint density at radius 2 is 2.02 bits per heavy atom. The Hall–Kier alpha value is -3.53. The van der Waals surface area contributed by atoms with Gasteiger partial charge in [-0.2, -0.15) is 4.98 Å². The summed E-state index contributed by atoms with van der Waals surface area (Å²) in [5, 5.41) is 11.6. The average Bonchev–Trinajstić information content (AvgIpc) is 3.41. The molecule has 0 unspecified atom stereocenters. The zero-order valence-corrected chi connectivity index (χ0v) is 27.3. The van der Waals surface area contributed by atoms with Crippen molar-refractivity contribution in [2.24, 2.45) is 5.73 Å². The van der Waals surface area contributed by atoms with Gasteiger partial charge in [0.1, 0.15) is 5.65 Å². The third kappa shape index (κ3) is 7.83. The molecule has 45 heavy (non-hydrogen) atoms. The summed E-state index contributed by atoms with van der Waals surface area (Å²) in [7, 11) is 0. The van der Waals surface area contributed by atoms with Crippen LogP contribution in [-0.4, -0.2) is 50.4 Å². The highest BCUT2D eigenvalue weighted by molar-refractivity contribution is 6.31. The Balaban J connectivity index is 1.38. The first-order valence-electron chi connectivity index (χ1n) is 16.2. The lowest BCUT2D eigenvalue weighted by Crippen LogP contribution is -2.43. The number of nitrogens with zero attached hydrogens (tertiary/aromatic N) is 3. The van der Waals surface area contributed by atoms with Crippen LogP contribution in [0.15, 0.2) is 53.5 Å². The topological polar surface area (TPSA) is 116 Å². The highest BCUT2D eigenvalue weighted by Gasteiger charge is 2.30. The molecule has 8 nitrogen and oxygen atoms in total. The molecule has 1 saturated heterocycles. The van der Waals surface area contributed by atoms with E-state index in [-0.39, 0.29) is 11.1 Å². The van der Waals surface area contributed by atoms with E-state index in [1.54, 1.807) is 25.3 Å². The maximum absolute atomic E-state index is 15.2. The van der Waals surface area contributed by atoms with Gasteiger partial charge in [-0.25, -0.2) is 9.18 Å². The molecule has 5 rings (SSSR count). The van der Waals surface area contributed by atoms with Crippen molar-refractivity contribution in [3.05, 3.63) is 81.1 Å². The van der Waals surface area contributed by atoms with Gasteiger partial charge in [0.15, 0.2) is 5.82 Å². The largest absolute Gasteiger partial charge is 0.374 e. The number of H-pyrrole nitrogens is 1. The van der Waals surface area contributed by atoms with Gasteiger partial charge in [-0.15, -0.1) is 0 Å². The van der Waals surface area contributed by atoms with E-state index in [1.165, 1.54) is 23.0 Å². The molecule has 2 aromatic carbocycles. The van der Waals surface area contributed by atoms with Crippen LogP contribution in [-0.2, 0) is 6.42 Å². The summed E-state index contributed by atoms with van der Waals surface area (Å²) < 4.78 is 16.7. The van der Waals surface area contributed by atoms with Gasteiger partial charge in [0.2, 0.25) is 0 Å². The molecule has 1 fully saturated rings. The number of nitrogens with one attached hydrogen (secondary N) is 3. The van der Waals surface area contributed by atoms with Crippen LogP contribution in [0.4, 0.5) is 4.39 Å². The van der Waals surface area contributed by atoms with Crippen LogP contribution in [0.25, 0.3) is 28.0 Å². The molecule has 10 heteroatoms. The van der Waals surface area contributed by atoms with Crippen LogP contribution in [0.1, 0.15) is 82.9 Å². The fraction of sp³-hybridized carbons (Fsp3) is 0.457. The van der Waals surface area contributed by atoms with E-state index < -0.39 is 11.5 Å². The predicted octanol–water partition coefficient (Wildman–Crippen LogP) is 7.13. The Morgan fingerprint density at radius 1 is 1.24 bits per heavy atom. The number of hydrogen-bond donors (Lipinski definition) is 4. The van der Waals surface area contributed by atoms with Gasteiger partial charge in [-0.3, -0.25) is 14.9 Å². The van der Waals surface area contributed by atoms with Crippen LogP contribution in [0.3, 0.4) is 0 Å². The van der Waals surface area contributed by atoms with E-state index in [0.717, 1.165) is 62.9 Å². The normalized spacial score (nSPS) is 17.9. The van der Waals surface area contributed by atoms with Crippen LogP contribution in [0, 0.1) is 11.2 Å². The monoisotopic (exact) mass is 633 g/mol. The predicted molar refractivity (Wildman–Crippen MR) is 182 cm³/mol.